The molecule has 2 heterocycles. The third-order valence-corrected chi connectivity index (χ3v) is 5.35. The van der Waals surface area contributed by atoms with Gasteiger partial charge >= 0.3 is 5.97 Å². The molecule has 0 radical (unpaired) electrons. The van der Waals surface area contributed by atoms with Gasteiger partial charge in [-0.1, -0.05) is 0 Å². The lowest BCUT2D eigenvalue weighted by atomic mass is 9.95. The molecule has 2 N–H and O–H groups in total. The molecule has 162 valence electrons. The number of Topliss-reactive ketones (excluding diaryl/α,β-unsaturated/α-hetero) is 1. The number of ether oxygens (including phenoxy) is 2. The van der Waals surface area contributed by atoms with Gasteiger partial charge in [0.2, 0.25) is 5.91 Å². The second kappa shape index (κ2) is 11.1. The number of nitrogens with one attached hydrogen (secondary N) is 2. The van der Waals surface area contributed by atoms with Crippen LogP contribution in [0.4, 0.5) is 0 Å². The quantitative estimate of drug-likeness (QED) is 0.349. The molecule has 0 aliphatic carbocycles. The second-order valence-electron chi connectivity index (χ2n) is 7.46. The van der Waals surface area contributed by atoms with Crippen LogP contribution < -0.4 is 5.32 Å². The summed E-state index contributed by atoms with van der Waals surface area (Å²) in [5.74, 6) is -0.378. The lowest BCUT2D eigenvalue weighted by molar-refractivity contribution is -0.126. The van der Waals surface area contributed by atoms with Gasteiger partial charge in [0.1, 0.15) is 5.69 Å². The van der Waals surface area contributed by atoms with Crippen molar-refractivity contribution in [2.75, 3.05) is 46.5 Å². The van der Waals surface area contributed by atoms with Crippen LogP contribution in [-0.2, 0) is 14.3 Å². The average molecular weight is 408 g/mol. The molecule has 0 aromatic carbocycles. The van der Waals surface area contributed by atoms with E-state index in [4.69, 9.17) is 9.47 Å². The van der Waals surface area contributed by atoms with Gasteiger partial charge < -0.3 is 19.8 Å². The molecule has 1 aliphatic heterocycles. The highest BCUT2D eigenvalue weighted by atomic mass is 16.5. The first-order valence-corrected chi connectivity index (χ1v) is 10.3. The number of carbonyl (C=O) groups is 3. The fourth-order valence-corrected chi connectivity index (χ4v) is 3.78. The van der Waals surface area contributed by atoms with Gasteiger partial charge in [-0.2, -0.15) is 0 Å². The number of ketones is 1. The summed E-state index contributed by atoms with van der Waals surface area (Å²) in [6.45, 7) is 8.55. The van der Waals surface area contributed by atoms with Gasteiger partial charge in [0.05, 0.1) is 13.2 Å². The third kappa shape index (κ3) is 6.14. The predicted molar refractivity (Wildman–Crippen MR) is 109 cm³/mol. The first kappa shape index (κ1) is 23.1. The van der Waals surface area contributed by atoms with Crippen LogP contribution in [0.25, 0.3) is 0 Å². The number of esters is 1. The molecule has 0 atom stereocenters. The number of methoxy groups -OCH3 is 1. The smallest absolute Gasteiger partial charge is 0.355 e. The van der Waals surface area contributed by atoms with Crippen molar-refractivity contribution >= 4 is 17.7 Å². The molecule has 29 heavy (non-hydrogen) atoms. The number of aromatic amines is 1. The van der Waals surface area contributed by atoms with Crippen LogP contribution in [0.1, 0.15) is 58.3 Å². The number of piperidine rings is 1. The van der Waals surface area contributed by atoms with E-state index in [2.05, 4.69) is 15.2 Å². The van der Waals surface area contributed by atoms with Crippen LogP contribution in [0.2, 0.25) is 0 Å². The molecule has 1 saturated heterocycles. The predicted octanol–water partition coefficient (Wildman–Crippen LogP) is 1.86. The third-order valence-electron chi connectivity index (χ3n) is 5.35. The van der Waals surface area contributed by atoms with E-state index >= 15 is 0 Å². The van der Waals surface area contributed by atoms with E-state index in [1.54, 1.807) is 27.9 Å². The molecule has 0 unspecified atom stereocenters. The number of hydrogen-bond donors (Lipinski definition) is 2. The van der Waals surface area contributed by atoms with E-state index in [1.807, 2.05) is 0 Å². The zero-order chi connectivity index (χ0) is 21.4. The molecule has 1 aromatic rings. The second-order valence-corrected chi connectivity index (χ2v) is 7.46. The topological polar surface area (TPSA) is 101 Å². The Bertz CT molecular complexity index is 720. The summed E-state index contributed by atoms with van der Waals surface area (Å²) < 4.78 is 10.0. The zero-order valence-electron chi connectivity index (χ0n) is 17.9. The van der Waals surface area contributed by atoms with Crippen molar-refractivity contribution in [2.45, 2.75) is 40.0 Å². The molecule has 1 aromatic heterocycles. The van der Waals surface area contributed by atoms with Crippen molar-refractivity contribution in [3.8, 4) is 0 Å². The van der Waals surface area contributed by atoms with Gasteiger partial charge in [0, 0.05) is 37.4 Å². The molecule has 2 rings (SSSR count). The Balaban J connectivity index is 1.87. The number of aromatic nitrogens is 1. The van der Waals surface area contributed by atoms with Gasteiger partial charge in [0.25, 0.3) is 0 Å². The van der Waals surface area contributed by atoms with E-state index in [0.29, 0.717) is 48.8 Å². The Hall–Kier alpha value is -2.19. The van der Waals surface area contributed by atoms with Crippen molar-refractivity contribution in [3.05, 3.63) is 22.5 Å². The molecule has 0 spiro atoms. The molecule has 1 amide bonds. The average Bonchev–Trinajstić information content (AvgIpc) is 3.00. The molecular formula is C21H33N3O5. The van der Waals surface area contributed by atoms with Crippen LogP contribution in [0, 0.1) is 19.8 Å². The van der Waals surface area contributed by atoms with Crippen LogP contribution in [0.15, 0.2) is 0 Å². The van der Waals surface area contributed by atoms with Crippen LogP contribution in [-0.4, -0.2) is 74.0 Å². The summed E-state index contributed by atoms with van der Waals surface area (Å²) in [4.78, 5) is 42.2. The zero-order valence-corrected chi connectivity index (χ0v) is 17.9. The van der Waals surface area contributed by atoms with Gasteiger partial charge in [-0.05, 0) is 58.7 Å². The largest absolute Gasteiger partial charge is 0.461 e. The Morgan fingerprint density at radius 1 is 1.21 bits per heavy atom. The number of amides is 1. The summed E-state index contributed by atoms with van der Waals surface area (Å²) in [5.41, 5.74) is 2.22. The Kier molecular flexibility index (Phi) is 8.85. The molecule has 8 heteroatoms. The minimum absolute atomic E-state index is 0.00459. The van der Waals surface area contributed by atoms with Crippen molar-refractivity contribution < 1.29 is 23.9 Å². The van der Waals surface area contributed by atoms with E-state index < -0.39 is 5.97 Å². The first-order valence-electron chi connectivity index (χ1n) is 10.3. The lowest BCUT2D eigenvalue weighted by Gasteiger charge is -2.30. The molecule has 8 nitrogen and oxygen atoms in total. The molecule has 1 fully saturated rings. The first-order chi connectivity index (χ1) is 13.9. The standard InChI is InChI=1S/C21H33N3O5/c1-5-29-21(27)19-14(2)18(15(3)23-19)17(25)13-24-10-7-16(8-11-24)20(26)22-9-6-12-28-4/h16,23H,5-13H2,1-4H3,(H,22,26). The van der Waals surface area contributed by atoms with Crippen molar-refractivity contribution in [1.82, 2.24) is 15.2 Å². The van der Waals surface area contributed by atoms with E-state index in [9.17, 15) is 14.4 Å². The van der Waals surface area contributed by atoms with E-state index in [0.717, 1.165) is 19.3 Å². The Labute approximate surface area is 172 Å². The van der Waals surface area contributed by atoms with Gasteiger partial charge in [-0.3, -0.25) is 14.5 Å². The number of H-pyrrole nitrogens is 1. The molecular weight excluding hydrogens is 374 g/mol. The van der Waals surface area contributed by atoms with E-state index in [-0.39, 0.29) is 30.8 Å². The fraction of sp³-hybridized carbons (Fsp3) is 0.667. The minimum Gasteiger partial charge on any atom is -0.461 e. The van der Waals surface area contributed by atoms with Gasteiger partial charge in [-0.15, -0.1) is 0 Å². The lowest BCUT2D eigenvalue weighted by Crippen LogP contribution is -2.42. The summed E-state index contributed by atoms with van der Waals surface area (Å²) in [6, 6.07) is 0. The number of hydrogen-bond acceptors (Lipinski definition) is 6. The minimum atomic E-state index is -0.440. The summed E-state index contributed by atoms with van der Waals surface area (Å²) in [5, 5.41) is 2.95. The molecule has 1 aliphatic rings. The van der Waals surface area contributed by atoms with Gasteiger partial charge in [0.15, 0.2) is 5.78 Å². The maximum atomic E-state index is 12.9. The maximum Gasteiger partial charge on any atom is 0.355 e. The number of aryl methyl sites for hydroxylation is 1. The number of rotatable bonds is 10. The summed E-state index contributed by atoms with van der Waals surface area (Å²) in [6.07, 6.45) is 2.28. The fourth-order valence-electron chi connectivity index (χ4n) is 3.78. The monoisotopic (exact) mass is 407 g/mol. The van der Waals surface area contributed by atoms with Crippen LogP contribution in [0.5, 0.6) is 0 Å². The SMILES string of the molecule is CCOC(=O)c1[nH]c(C)c(C(=O)CN2CCC(C(=O)NCCCOC)CC2)c1C. The Morgan fingerprint density at radius 3 is 2.52 bits per heavy atom. The van der Waals surface area contributed by atoms with Gasteiger partial charge in [-0.25, -0.2) is 4.79 Å². The van der Waals surface area contributed by atoms with Crippen molar-refractivity contribution in [3.63, 3.8) is 0 Å². The molecule has 0 saturated carbocycles. The van der Waals surface area contributed by atoms with Crippen LogP contribution >= 0.6 is 0 Å². The highest BCUT2D eigenvalue weighted by Crippen LogP contribution is 2.22. The normalized spacial score (nSPS) is 15.3. The number of likely N-dealkylation sites (tertiary alicyclic amines) is 1. The van der Waals surface area contributed by atoms with Crippen molar-refractivity contribution in [2.24, 2.45) is 5.92 Å². The maximum absolute atomic E-state index is 12.9. The van der Waals surface area contributed by atoms with Crippen LogP contribution in [0.3, 0.4) is 0 Å². The van der Waals surface area contributed by atoms with Crippen molar-refractivity contribution in [1.29, 1.82) is 0 Å². The number of nitrogens with zero attached hydrogens (tertiary/aromatic N) is 1. The molecule has 0 bridgehead atoms. The summed E-state index contributed by atoms with van der Waals surface area (Å²) in [7, 11) is 1.65. The highest BCUT2D eigenvalue weighted by molar-refractivity contribution is 6.03. The number of carbonyl (C=O) groups excluding carboxylic acids is 3. The van der Waals surface area contributed by atoms with E-state index in [1.165, 1.54) is 0 Å². The highest BCUT2D eigenvalue weighted by Gasteiger charge is 2.28. The summed E-state index contributed by atoms with van der Waals surface area (Å²) >= 11 is 0. The Morgan fingerprint density at radius 2 is 1.90 bits per heavy atom.